The van der Waals surface area contributed by atoms with E-state index in [9.17, 15) is 4.79 Å². The van der Waals surface area contributed by atoms with Crippen LogP contribution in [0, 0.1) is 0 Å². The third kappa shape index (κ3) is 3.03. The summed E-state index contributed by atoms with van der Waals surface area (Å²) in [6.07, 6.45) is 7.67. The summed E-state index contributed by atoms with van der Waals surface area (Å²) in [5.41, 5.74) is 0. The van der Waals surface area contributed by atoms with Crippen molar-refractivity contribution >= 4 is 6.03 Å². The summed E-state index contributed by atoms with van der Waals surface area (Å²) < 4.78 is 11.4. The highest BCUT2D eigenvalue weighted by Crippen LogP contribution is 2.31. The number of nitrogens with zero attached hydrogens (tertiary/aromatic N) is 1. The highest BCUT2D eigenvalue weighted by atomic mass is 16.7. The first kappa shape index (κ1) is 13.2. The fourth-order valence-electron chi connectivity index (χ4n) is 3.35. The highest BCUT2D eigenvalue weighted by Gasteiger charge is 2.40. The van der Waals surface area contributed by atoms with Crippen molar-refractivity contribution in [3.8, 4) is 0 Å². The molecule has 2 saturated heterocycles. The molecule has 0 aromatic rings. The second kappa shape index (κ2) is 5.67. The second-order valence-electron chi connectivity index (χ2n) is 5.88. The predicted octanol–water partition coefficient (Wildman–Crippen LogP) is 1.87. The van der Waals surface area contributed by atoms with E-state index >= 15 is 0 Å². The molecule has 0 aromatic carbocycles. The van der Waals surface area contributed by atoms with Crippen LogP contribution in [-0.2, 0) is 9.47 Å². The monoisotopic (exact) mass is 268 g/mol. The minimum atomic E-state index is -0.387. The van der Waals surface area contributed by atoms with Gasteiger partial charge in [-0.2, -0.15) is 0 Å². The van der Waals surface area contributed by atoms with Crippen LogP contribution in [0.15, 0.2) is 0 Å². The molecule has 0 radical (unpaired) electrons. The summed E-state index contributed by atoms with van der Waals surface area (Å²) in [4.78, 5) is 14.1. The van der Waals surface area contributed by atoms with E-state index < -0.39 is 0 Å². The minimum Gasteiger partial charge on any atom is -0.347 e. The molecule has 0 aromatic heterocycles. The summed E-state index contributed by atoms with van der Waals surface area (Å²) in [7, 11) is 0. The van der Waals surface area contributed by atoms with Crippen molar-refractivity contribution in [2.24, 2.45) is 0 Å². The Balaban J connectivity index is 1.46. The molecule has 2 amide bonds. The van der Waals surface area contributed by atoms with Crippen LogP contribution < -0.4 is 5.32 Å². The Morgan fingerprint density at radius 3 is 2.32 bits per heavy atom. The highest BCUT2D eigenvalue weighted by molar-refractivity contribution is 5.74. The lowest BCUT2D eigenvalue weighted by Crippen LogP contribution is -2.52. The summed E-state index contributed by atoms with van der Waals surface area (Å²) in [5, 5.41) is 3.17. The molecule has 2 heterocycles. The standard InChI is InChI=1S/C14H24N2O3/c17-13(15-12-4-2-1-3-5-12)16-8-6-14(7-9-16)18-10-11-19-14/h12H,1-11H2,(H,15,17). The molecule has 5 heteroatoms. The maximum atomic E-state index is 12.2. The van der Waals surface area contributed by atoms with Crippen molar-refractivity contribution in [3.05, 3.63) is 0 Å². The van der Waals surface area contributed by atoms with Crippen LogP contribution in [0.2, 0.25) is 0 Å². The lowest BCUT2D eigenvalue weighted by Gasteiger charge is -2.38. The molecule has 1 aliphatic carbocycles. The quantitative estimate of drug-likeness (QED) is 0.790. The Bertz CT molecular complexity index is 313. The Kier molecular flexibility index (Phi) is 3.93. The van der Waals surface area contributed by atoms with Gasteiger partial charge in [0.1, 0.15) is 0 Å². The minimum absolute atomic E-state index is 0.0970. The molecule has 5 nitrogen and oxygen atoms in total. The van der Waals surface area contributed by atoms with Crippen molar-refractivity contribution in [2.75, 3.05) is 26.3 Å². The summed E-state index contributed by atoms with van der Waals surface area (Å²) in [5.74, 6) is -0.387. The Morgan fingerprint density at radius 1 is 1.05 bits per heavy atom. The number of nitrogens with one attached hydrogen (secondary N) is 1. The number of piperidine rings is 1. The molecular formula is C14H24N2O3. The number of hydrogen-bond acceptors (Lipinski definition) is 3. The molecule has 19 heavy (non-hydrogen) atoms. The zero-order chi connectivity index (χ0) is 13.1. The average molecular weight is 268 g/mol. The third-order valence-electron chi connectivity index (χ3n) is 4.56. The molecule has 1 spiro atoms. The van der Waals surface area contributed by atoms with E-state index in [4.69, 9.17) is 9.47 Å². The van der Waals surface area contributed by atoms with Gasteiger partial charge in [0.25, 0.3) is 0 Å². The maximum Gasteiger partial charge on any atom is 0.317 e. The number of rotatable bonds is 1. The van der Waals surface area contributed by atoms with Gasteiger partial charge in [0.15, 0.2) is 5.79 Å². The molecule has 2 aliphatic heterocycles. The van der Waals surface area contributed by atoms with E-state index in [0.29, 0.717) is 19.3 Å². The molecule has 3 aliphatic rings. The number of carbonyl (C=O) groups is 1. The summed E-state index contributed by atoms with van der Waals surface area (Å²) in [6, 6.07) is 0.482. The van der Waals surface area contributed by atoms with Crippen LogP contribution in [0.4, 0.5) is 4.79 Å². The topological polar surface area (TPSA) is 50.8 Å². The van der Waals surface area contributed by atoms with E-state index in [0.717, 1.165) is 38.8 Å². The molecule has 0 bridgehead atoms. The van der Waals surface area contributed by atoms with Crippen LogP contribution >= 0.6 is 0 Å². The lowest BCUT2D eigenvalue weighted by molar-refractivity contribution is -0.181. The molecule has 3 rings (SSSR count). The van der Waals surface area contributed by atoms with Crippen LogP contribution in [0.3, 0.4) is 0 Å². The lowest BCUT2D eigenvalue weighted by atomic mass is 9.95. The van der Waals surface area contributed by atoms with Crippen LogP contribution in [0.5, 0.6) is 0 Å². The number of carbonyl (C=O) groups excluding carboxylic acids is 1. The maximum absolute atomic E-state index is 12.2. The number of amides is 2. The van der Waals surface area contributed by atoms with E-state index in [-0.39, 0.29) is 11.8 Å². The number of hydrogen-bond donors (Lipinski definition) is 1. The van der Waals surface area contributed by atoms with Crippen molar-refractivity contribution < 1.29 is 14.3 Å². The van der Waals surface area contributed by atoms with Crippen molar-refractivity contribution in [1.29, 1.82) is 0 Å². The van der Waals surface area contributed by atoms with Gasteiger partial charge in [-0.05, 0) is 12.8 Å². The first-order valence-electron chi connectivity index (χ1n) is 7.61. The van der Waals surface area contributed by atoms with Gasteiger partial charge in [0, 0.05) is 32.0 Å². The largest absolute Gasteiger partial charge is 0.347 e. The van der Waals surface area contributed by atoms with Gasteiger partial charge in [-0.3, -0.25) is 0 Å². The second-order valence-corrected chi connectivity index (χ2v) is 5.88. The van der Waals surface area contributed by atoms with Gasteiger partial charge in [-0.1, -0.05) is 19.3 Å². The van der Waals surface area contributed by atoms with E-state index in [1.165, 1.54) is 19.3 Å². The molecule has 1 saturated carbocycles. The molecule has 1 N–H and O–H groups in total. The summed E-state index contributed by atoms with van der Waals surface area (Å²) in [6.45, 7) is 2.85. The predicted molar refractivity (Wildman–Crippen MR) is 70.8 cm³/mol. The van der Waals surface area contributed by atoms with Crippen molar-refractivity contribution in [1.82, 2.24) is 10.2 Å². The molecular weight excluding hydrogens is 244 g/mol. The van der Waals surface area contributed by atoms with Gasteiger partial charge in [0.2, 0.25) is 0 Å². The fourth-order valence-corrected chi connectivity index (χ4v) is 3.35. The van der Waals surface area contributed by atoms with E-state index in [1.54, 1.807) is 0 Å². The Hall–Kier alpha value is -0.810. The first-order valence-corrected chi connectivity index (χ1v) is 7.61. The zero-order valence-electron chi connectivity index (χ0n) is 11.5. The Labute approximate surface area is 114 Å². The zero-order valence-corrected chi connectivity index (χ0v) is 11.5. The van der Waals surface area contributed by atoms with E-state index in [2.05, 4.69) is 5.32 Å². The van der Waals surface area contributed by atoms with Crippen molar-refractivity contribution in [3.63, 3.8) is 0 Å². The smallest absolute Gasteiger partial charge is 0.317 e. The molecule has 0 atom stereocenters. The van der Waals surface area contributed by atoms with Crippen LogP contribution in [0.1, 0.15) is 44.9 Å². The van der Waals surface area contributed by atoms with Crippen LogP contribution in [0.25, 0.3) is 0 Å². The van der Waals surface area contributed by atoms with Gasteiger partial charge in [0.05, 0.1) is 13.2 Å². The van der Waals surface area contributed by atoms with Crippen molar-refractivity contribution in [2.45, 2.75) is 56.8 Å². The fraction of sp³-hybridized carbons (Fsp3) is 0.929. The Morgan fingerprint density at radius 2 is 1.68 bits per heavy atom. The summed E-state index contributed by atoms with van der Waals surface area (Å²) >= 11 is 0. The number of likely N-dealkylation sites (tertiary alicyclic amines) is 1. The number of urea groups is 1. The third-order valence-corrected chi connectivity index (χ3v) is 4.56. The number of ether oxygens (including phenoxy) is 2. The van der Waals surface area contributed by atoms with Gasteiger partial charge >= 0.3 is 6.03 Å². The average Bonchev–Trinajstić information content (AvgIpc) is 2.89. The SMILES string of the molecule is O=C(NC1CCCCC1)N1CCC2(CC1)OCCO2. The van der Waals surface area contributed by atoms with Crippen LogP contribution in [-0.4, -0.2) is 49.1 Å². The normalized spacial score (nSPS) is 27.7. The van der Waals surface area contributed by atoms with Gasteiger partial charge in [-0.15, -0.1) is 0 Å². The van der Waals surface area contributed by atoms with E-state index in [1.807, 2.05) is 4.90 Å². The van der Waals surface area contributed by atoms with Gasteiger partial charge < -0.3 is 19.7 Å². The molecule has 3 fully saturated rings. The first-order chi connectivity index (χ1) is 9.27. The van der Waals surface area contributed by atoms with Gasteiger partial charge in [-0.25, -0.2) is 4.79 Å². The molecule has 0 unspecified atom stereocenters. The molecule has 108 valence electrons.